The van der Waals surface area contributed by atoms with E-state index in [-0.39, 0.29) is 23.6 Å². The SMILES string of the molecule is C=C(C)C(=O)OCCCC(=O)OC(C)(CC)C12CC3CC(CC(C3)C1)C2. The Bertz CT molecular complexity index is 543. The molecule has 1 unspecified atom stereocenters. The molecule has 4 rings (SSSR count). The first-order valence-electron chi connectivity index (χ1n) is 10.3. The predicted molar refractivity (Wildman–Crippen MR) is 100 cm³/mol. The van der Waals surface area contributed by atoms with Gasteiger partial charge in [-0.05, 0) is 83.0 Å². The Balaban J connectivity index is 1.55. The van der Waals surface area contributed by atoms with Gasteiger partial charge in [0.05, 0.1) is 6.61 Å². The Morgan fingerprint density at radius 3 is 2.12 bits per heavy atom. The lowest BCUT2D eigenvalue weighted by Crippen LogP contribution is -2.58. The maximum absolute atomic E-state index is 12.5. The van der Waals surface area contributed by atoms with Crippen LogP contribution in [-0.4, -0.2) is 24.1 Å². The highest BCUT2D eigenvalue weighted by Gasteiger charge is 2.59. The molecule has 4 fully saturated rings. The smallest absolute Gasteiger partial charge is 0.333 e. The average Bonchev–Trinajstić information content (AvgIpc) is 2.57. The van der Waals surface area contributed by atoms with Gasteiger partial charge in [-0.3, -0.25) is 4.79 Å². The van der Waals surface area contributed by atoms with Crippen molar-refractivity contribution in [1.82, 2.24) is 0 Å². The van der Waals surface area contributed by atoms with Crippen molar-refractivity contribution in [3.8, 4) is 0 Å². The molecule has 4 bridgehead atoms. The third-order valence-electron chi connectivity index (χ3n) is 7.28. The van der Waals surface area contributed by atoms with Crippen molar-refractivity contribution in [2.75, 3.05) is 6.61 Å². The lowest BCUT2D eigenvalue weighted by Gasteiger charge is -2.62. The number of carbonyl (C=O) groups is 2. The molecule has 4 heteroatoms. The van der Waals surface area contributed by atoms with Gasteiger partial charge in [0.25, 0.3) is 0 Å². The van der Waals surface area contributed by atoms with Crippen molar-refractivity contribution in [2.24, 2.45) is 23.2 Å². The minimum atomic E-state index is -0.398. The molecule has 0 aromatic rings. The summed E-state index contributed by atoms with van der Waals surface area (Å²) in [4.78, 5) is 23.9. The molecule has 0 spiro atoms. The normalized spacial score (nSPS) is 34.2. The zero-order chi connectivity index (χ0) is 18.9. The summed E-state index contributed by atoms with van der Waals surface area (Å²) in [6.45, 7) is 9.73. The monoisotopic (exact) mass is 362 g/mol. The van der Waals surface area contributed by atoms with Crippen LogP contribution in [0.3, 0.4) is 0 Å². The van der Waals surface area contributed by atoms with Crippen LogP contribution >= 0.6 is 0 Å². The fourth-order valence-electron chi connectivity index (χ4n) is 6.12. The van der Waals surface area contributed by atoms with E-state index in [0.717, 1.165) is 24.2 Å². The third kappa shape index (κ3) is 3.70. The van der Waals surface area contributed by atoms with Gasteiger partial charge in [-0.15, -0.1) is 0 Å². The summed E-state index contributed by atoms with van der Waals surface area (Å²) in [6, 6.07) is 0. The number of ether oxygens (including phenoxy) is 2. The molecule has 0 aromatic carbocycles. The molecule has 4 saturated carbocycles. The highest BCUT2D eigenvalue weighted by atomic mass is 16.6. The second-order valence-electron chi connectivity index (χ2n) is 9.28. The summed E-state index contributed by atoms with van der Waals surface area (Å²) >= 11 is 0. The number of rotatable bonds is 8. The zero-order valence-corrected chi connectivity index (χ0v) is 16.6. The molecule has 4 aliphatic rings. The van der Waals surface area contributed by atoms with E-state index in [1.54, 1.807) is 6.92 Å². The fourth-order valence-corrected chi connectivity index (χ4v) is 6.12. The molecule has 146 valence electrons. The van der Waals surface area contributed by atoms with Crippen molar-refractivity contribution in [3.63, 3.8) is 0 Å². The number of carbonyl (C=O) groups excluding carboxylic acids is 2. The van der Waals surface area contributed by atoms with Crippen LogP contribution in [0.4, 0.5) is 0 Å². The van der Waals surface area contributed by atoms with E-state index in [9.17, 15) is 9.59 Å². The lowest BCUT2D eigenvalue weighted by atomic mass is 9.45. The Hall–Kier alpha value is -1.32. The zero-order valence-electron chi connectivity index (χ0n) is 16.6. The van der Waals surface area contributed by atoms with Crippen molar-refractivity contribution >= 4 is 11.9 Å². The van der Waals surface area contributed by atoms with Gasteiger partial charge in [0.2, 0.25) is 0 Å². The standard InChI is InChI=1S/C22H34O4/c1-5-21(4,26-19(23)7-6-8-25-20(24)15(2)3)22-12-16-9-17(13-22)11-18(10-16)14-22/h16-18H,2,5-14H2,1,3-4H3. The first-order valence-corrected chi connectivity index (χ1v) is 10.3. The molecule has 26 heavy (non-hydrogen) atoms. The number of hydrogen-bond donors (Lipinski definition) is 0. The Labute approximate surface area is 157 Å². The first kappa shape index (κ1) is 19.4. The summed E-state index contributed by atoms with van der Waals surface area (Å²) in [6.07, 6.45) is 9.52. The molecular formula is C22H34O4. The van der Waals surface area contributed by atoms with Gasteiger partial charge in [-0.25, -0.2) is 4.79 Å². The van der Waals surface area contributed by atoms with Crippen LogP contribution in [0.5, 0.6) is 0 Å². The molecule has 4 nitrogen and oxygen atoms in total. The van der Waals surface area contributed by atoms with E-state index in [1.807, 2.05) is 0 Å². The van der Waals surface area contributed by atoms with Gasteiger partial charge in [0.1, 0.15) is 5.60 Å². The van der Waals surface area contributed by atoms with Crippen LogP contribution in [0.2, 0.25) is 0 Å². The second kappa shape index (κ2) is 7.36. The molecule has 1 atom stereocenters. The van der Waals surface area contributed by atoms with Crippen LogP contribution in [0, 0.1) is 23.2 Å². The second-order valence-corrected chi connectivity index (χ2v) is 9.28. The minimum absolute atomic E-state index is 0.156. The van der Waals surface area contributed by atoms with Gasteiger partial charge in [0, 0.05) is 17.4 Å². The first-order chi connectivity index (χ1) is 12.3. The van der Waals surface area contributed by atoms with Gasteiger partial charge >= 0.3 is 11.9 Å². The summed E-state index contributed by atoms with van der Waals surface area (Å²) in [7, 11) is 0. The highest BCUT2D eigenvalue weighted by molar-refractivity contribution is 5.86. The van der Waals surface area contributed by atoms with Gasteiger partial charge < -0.3 is 9.47 Å². The van der Waals surface area contributed by atoms with E-state index in [4.69, 9.17) is 9.47 Å². The molecule has 0 amide bonds. The minimum Gasteiger partial charge on any atom is -0.462 e. The average molecular weight is 363 g/mol. The Morgan fingerprint density at radius 1 is 1.12 bits per heavy atom. The summed E-state index contributed by atoms with van der Waals surface area (Å²) < 4.78 is 11.2. The van der Waals surface area contributed by atoms with E-state index in [2.05, 4.69) is 20.4 Å². The topological polar surface area (TPSA) is 52.6 Å². The van der Waals surface area contributed by atoms with Crippen molar-refractivity contribution < 1.29 is 19.1 Å². The van der Waals surface area contributed by atoms with Crippen LogP contribution in [0.25, 0.3) is 0 Å². The predicted octanol–water partition coefficient (Wildman–Crippen LogP) is 4.81. The largest absolute Gasteiger partial charge is 0.462 e. The molecule has 0 radical (unpaired) electrons. The van der Waals surface area contributed by atoms with Gasteiger partial charge in [-0.1, -0.05) is 13.5 Å². The Kier molecular flexibility index (Phi) is 5.50. The van der Waals surface area contributed by atoms with Crippen LogP contribution in [0.1, 0.15) is 78.6 Å². The molecule has 0 saturated heterocycles. The quantitative estimate of drug-likeness (QED) is 0.353. The third-order valence-corrected chi connectivity index (χ3v) is 7.28. The fraction of sp³-hybridized carbons (Fsp3) is 0.818. The molecule has 4 aliphatic carbocycles. The number of esters is 2. The molecule has 0 aliphatic heterocycles. The summed E-state index contributed by atoms with van der Waals surface area (Å²) in [5.74, 6) is 1.97. The van der Waals surface area contributed by atoms with Crippen molar-refractivity contribution in [1.29, 1.82) is 0 Å². The van der Waals surface area contributed by atoms with Crippen molar-refractivity contribution in [3.05, 3.63) is 12.2 Å². The number of hydrogen-bond acceptors (Lipinski definition) is 4. The van der Waals surface area contributed by atoms with Crippen molar-refractivity contribution in [2.45, 2.75) is 84.2 Å². The van der Waals surface area contributed by atoms with E-state index in [0.29, 0.717) is 18.4 Å². The van der Waals surface area contributed by atoms with E-state index < -0.39 is 5.97 Å². The Morgan fingerprint density at radius 2 is 1.65 bits per heavy atom. The maximum atomic E-state index is 12.5. The van der Waals surface area contributed by atoms with Crippen LogP contribution in [0.15, 0.2) is 12.2 Å². The molecule has 0 heterocycles. The molecular weight excluding hydrogens is 328 g/mol. The van der Waals surface area contributed by atoms with Gasteiger partial charge in [-0.2, -0.15) is 0 Å². The molecule has 0 aromatic heterocycles. The maximum Gasteiger partial charge on any atom is 0.333 e. The lowest BCUT2D eigenvalue weighted by molar-refractivity contribution is -0.205. The highest BCUT2D eigenvalue weighted by Crippen LogP contribution is 2.65. The van der Waals surface area contributed by atoms with Crippen LogP contribution in [-0.2, 0) is 19.1 Å². The molecule has 0 N–H and O–H groups in total. The summed E-state index contributed by atoms with van der Waals surface area (Å²) in [5.41, 5.74) is 0.195. The van der Waals surface area contributed by atoms with Crippen LogP contribution < -0.4 is 0 Å². The van der Waals surface area contributed by atoms with Gasteiger partial charge in [0.15, 0.2) is 0 Å². The van der Waals surface area contributed by atoms with E-state index >= 15 is 0 Å². The van der Waals surface area contributed by atoms with E-state index in [1.165, 1.54) is 38.5 Å². The summed E-state index contributed by atoms with van der Waals surface area (Å²) in [5, 5.41) is 0.